The van der Waals surface area contributed by atoms with Gasteiger partial charge in [0.15, 0.2) is 5.13 Å². The molecule has 1 amide bonds. The standard InChI is InChI=1S/C29H25FN2O3S/c1-4-17-5-14-22-23(15-17)36-29(31-22)32-25(19-8-6-18(7-9-19)16(2)3)24(27(34)28(32)35)26(33)20-10-12-21(30)13-11-20/h5-16,25,33H,4H2,1-3H3/b26-24+. The van der Waals surface area contributed by atoms with Gasteiger partial charge in [-0.1, -0.05) is 62.4 Å². The Hall–Kier alpha value is -3.84. The highest BCUT2D eigenvalue weighted by Crippen LogP contribution is 2.44. The summed E-state index contributed by atoms with van der Waals surface area (Å²) in [5.41, 5.74) is 3.89. The number of hydrogen-bond donors (Lipinski definition) is 1. The lowest BCUT2D eigenvalue weighted by Gasteiger charge is -2.23. The zero-order valence-corrected chi connectivity index (χ0v) is 21.0. The number of aliphatic hydroxyl groups is 1. The monoisotopic (exact) mass is 500 g/mol. The van der Waals surface area contributed by atoms with Gasteiger partial charge in [-0.05, 0) is 65.4 Å². The molecule has 0 radical (unpaired) electrons. The molecule has 1 aliphatic rings. The Morgan fingerprint density at radius 2 is 1.75 bits per heavy atom. The molecule has 0 bridgehead atoms. The predicted octanol–water partition coefficient (Wildman–Crippen LogP) is 6.75. The van der Waals surface area contributed by atoms with Crippen LogP contribution in [0.2, 0.25) is 0 Å². The molecule has 4 aromatic rings. The topological polar surface area (TPSA) is 70.5 Å². The number of fused-ring (bicyclic) bond motifs is 1. The van der Waals surface area contributed by atoms with Crippen molar-refractivity contribution in [3.63, 3.8) is 0 Å². The van der Waals surface area contributed by atoms with Crippen LogP contribution in [0.5, 0.6) is 0 Å². The molecule has 7 heteroatoms. The maximum atomic E-state index is 13.5. The number of rotatable bonds is 5. The maximum absolute atomic E-state index is 13.5. The minimum atomic E-state index is -0.873. The van der Waals surface area contributed by atoms with Crippen LogP contribution >= 0.6 is 11.3 Å². The second kappa shape index (κ2) is 9.32. The zero-order chi connectivity index (χ0) is 25.6. The van der Waals surface area contributed by atoms with E-state index in [9.17, 15) is 19.1 Å². The van der Waals surface area contributed by atoms with Crippen molar-refractivity contribution in [3.05, 3.63) is 100 Å². The number of ketones is 1. The summed E-state index contributed by atoms with van der Waals surface area (Å²) in [5, 5.41) is 11.6. The fraction of sp³-hybridized carbons (Fsp3) is 0.207. The second-order valence-electron chi connectivity index (χ2n) is 9.15. The summed E-state index contributed by atoms with van der Waals surface area (Å²) in [4.78, 5) is 32.8. The van der Waals surface area contributed by atoms with Gasteiger partial charge in [0.25, 0.3) is 5.78 Å². The molecule has 1 N–H and O–H groups in total. The summed E-state index contributed by atoms with van der Waals surface area (Å²) in [6.45, 7) is 6.24. The Morgan fingerprint density at radius 1 is 1.06 bits per heavy atom. The highest BCUT2D eigenvalue weighted by Gasteiger charge is 2.48. The number of nitrogens with zero attached hydrogens (tertiary/aromatic N) is 2. The molecular formula is C29H25FN2O3S. The summed E-state index contributed by atoms with van der Waals surface area (Å²) in [5.74, 6) is -2.06. The molecule has 1 aliphatic heterocycles. The fourth-order valence-electron chi connectivity index (χ4n) is 4.45. The largest absolute Gasteiger partial charge is 0.507 e. The summed E-state index contributed by atoms with van der Waals surface area (Å²) >= 11 is 1.34. The van der Waals surface area contributed by atoms with Gasteiger partial charge in [0.05, 0.1) is 21.8 Å². The van der Waals surface area contributed by atoms with Crippen LogP contribution in [0.3, 0.4) is 0 Å². The van der Waals surface area contributed by atoms with Crippen molar-refractivity contribution in [2.24, 2.45) is 0 Å². The molecule has 5 rings (SSSR count). The van der Waals surface area contributed by atoms with Crippen LogP contribution in [0.25, 0.3) is 16.0 Å². The zero-order valence-electron chi connectivity index (χ0n) is 20.2. The number of carbonyl (C=O) groups is 2. The van der Waals surface area contributed by atoms with Crippen molar-refractivity contribution >= 4 is 44.1 Å². The van der Waals surface area contributed by atoms with Gasteiger partial charge in [-0.2, -0.15) is 0 Å². The molecule has 5 nitrogen and oxygen atoms in total. The summed E-state index contributed by atoms with van der Waals surface area (Å²) in [6.07, 6.45) is 0.869. The molecule has 0 saturated carbocycles. The third-order valence-electron chi connectivity index (χ3n) is 6.54. The highest BCUT2D eigenvalue weighted by atomic mass is 32.1. The molecule has 182 valence electrons. The van der Waals surface area contributed by atoms with Crippen LogP contribution < -0.4 is 4.90 Å². The summed E-state index contributed by atoms with van der Waals surface area (Å²) in [6, 6.07) is 17.9. The van der Waals surface area contributed by atoms with Crippen LogP contribution in [0.1, 0.15) is 55.0 Å². The van der Waals surface area contributed by atoms with E-state index >= 15 is 0 Å². The number of amides is 1. The summed E-state index contributed by atoms with van der Waals surface area (Å²) < 4.78 is 14.4. The number of hydrogen-bond acceptors (Lipinski definition) is 5. The van der Waals surface area contributed by atoms with Crippen LogP contribution in [0, 0.1) is 5.82 Å². The first-order valence-electron chi connectivity index (χ1n) is 11.8. The van der Waals surface area contributed by atoms with E-state index in [0.717, 1.165) is 27.8 Å². The minimum absolute atomic E-state index is 0.0441. The first kappa shape index (κ1) is 23.9. The SMILES string of the molecule is CCc1ccc2nc(N3C(=O)C(=O)/C(=C(/O)c4ccc(F)cc4)C3c3ccc(C(C)C)cc3)sc2c1. The van der Waals surface area contributed by atoms with Gasteiger partial charge < -0.3 is 5.11 Å². The Morgan fingerprint density at radius 3 is 2.39 bits per heavy atom. The van der Waals surface area contributed by atoms with Gasteiger partial charge >= 0.3 is 5.91 Å². The Bertz CT molecular complexity index is 1500. The van der Waals surface area contributed by atoms with Crippen LogP contribution in [0.15, 0.2) is 72.3 Å². The third kappa shape index (κ3) is 4.09. The number of Topliss-reactive ketones (excluding diaryl/α,β-unsaturated/α-hetero) is 1. The predicted molar refractivity (Wildman–Crippen MR) is 141 cm³/mol. The number of aryl methyl sites for hydroxylation is 1. The molecule has 1 fully saturated rings. The molecule has 0 spiro atoms. The summed E-state index contributed by atoms with van der Waals surface area (Å²) in [7, 11) is 0. The van der Waals surface area contributed by atoms with Crippen molar-refractivity contribution in [1.82, 2.24) is 4.98 Å². The van der Waals surface area contributed by atoms with Crippen molar-refractivity contribution in [1.29, 1.82) is 0 Å². The van der Waals surface area contributed by atoms with Crippen LogP contribution in [-0.4, -0.2) is 21.8 Å². The lowest BCUT2D eigenvalue weighted by molar-refractivity contribution is -0.132. The number of benzene rings is 3. The lowest BCUT2D eigenvalue weighted by atomic mass is 9.93. The quantitative estimate of drug-likeness (QED) is 0.187. The number of thiazole rings is 1. The van der Waals surface area contributed by atoms with Crippen molar-refractivity contribution in [2.75, 3.05) is 4.90 Å². The number of carbonyl (C=O) groups excluding carboxylic acids is 2. The van der Waals surface area contributed by atoms with E-state index in [2.05, 4.69) is 25.8 Å². The van der Waals surface area contributed by atoms with E-state index in [1.807, 2.05) is 42.5 Å². The van der Waals surface area contributed by atoms with E-state index in [1.54, 1.807) is 0 Å². The Kier molecular flexibility index (Phi) is 6.18. The fourth-order valence-corrected chi connectivity index (χ4v) is 5.51. The van der Waals surface area contributed by atoms with Gasteiger partial charge in [0, 0.05) is 5.56 Å². The molecule has 1 saturated heterocycles. The average Bonchev–Trinajstić information content (AvgIpc) is 3.41. The van der Waals surface area contributed by atoms with Crippen LogP contribution in [0.4, 0.5) is 9.52 Å². The molecule has 36 heavy (non-hydrogen) atoms. The Balaban J connectivity index is 1.70. The van der Waals surface area contributed by atoms with Gasteiger partial charge in [-0.3, -0.25) is 14.5 Å². The van der Waals surface area contributed by atoms with Gasteiger partial charge in [-0.25, -0.2) is 9.37 Å². The molecule has 1 atom stereocenters. The first-order valence-corrected chi connectivity index (χ1v) is 12.7. The smallest absolute Gasteiger partial charge is 0.301 e. The van der Waals surface area contributed by atoms with E-state index < -0.39 is 23.5 Å². The number of aliphatic hydroxyl groups excluding tert-OH is 1. The van der Waals surface area contributed by atoms with Gasteiger partial charge in [-0.15, -0.1) is 0 Å². The molecule has 2 heterocycles. The van der Waals surface area contributed by atoms with E-state index in [-0.39, 0.29) is 16.9 Å². The number of aromatic nitrogens is 1. The average molecular weight is 501 g/mol. The molecule has 1 unspecified atom stereocenters. The van der Waals surface area contributed by atoms with Gasteiger partial charge in [0.2, 0.25) is 0 Å². The second-order valence-corrected chi connectivity index (χ2v) is 10.2. The van der Waals surface area contributed by atoms with Crippen molar-refractivity contribution < 1.29 is 19.1 Å². The van der Waals surface area contributed by atoms with Gasteiger partial charge in [0.1, 0.15) is 11.6 Å². The van der Waals surface area contributed by atoms with E-state index in [4.69, 9.17) is 0 Å². The molecule has 3 aromatic carbocycles. The number of halogens is 1. The first-order chi connectivity index (χ1) is 17.3. The van der Waals surface area contributed by atoms with E-state index in [0.29, 0.717) is 16.6 Å². The normalized spacial score (nSPS) is 17.5. The van der Waals surface area contributed by atoms with Crippen molar-refractivity contribution in [2.45, 2.75) is 39.2 Å². The third-order valence-corrected chi connectivity index (χ3v) is 7.55. The minimum Gasteiger partial charge on any atom is -0.507 e. The Labute approximate surface area is 212 Å². The lowest BCUT2D eigenvalue weighted by Crippen LogP contribution is -2.29. The van der Waals surface area contributed by atoms with Crippen molar-refractivity contribution in [3.8, 4) is 0 Å². The van der Waals surface area contributed by atoms with E-state index in [1.165, 1.54) is 40.5 Å². The maximum Gasteiger partial charge on any atom is 0.301 e. The molecule has 1 aromatic heterocycles. The number of anilines is 1. The highest BCUT2D eigenvalue weighted by molar-refractivity contribution is 7.22. The molecule has 0 aliphatic carbocycles. The van der Waals surface area contributed by atoms with Crippen LogP contribution in [-0.2, 0) is 16.0 Å². The molecular weight excluding hydrogens is 475 g/mol.